The number of benzene rings is 1. The second-order valence-corrected chi connectivity index (χ2v) is 3.98. The van der Waals surface area contributed by atoms with E-state index < -0.39 is 18.7 Å². The molecule has 0 fully saturated rings. The lowest BCUT2D eigenvalue weighted by Crippen LogP contribution is -2.12. The van der Waals surface area contributed by atoms with Gasteiger partial charge in [0.2, 0.25) is 0 Å². The monoisotopic (exact) mass is 190 g/mol. The third kappa shape index (κ3) is 1.72. The van der Waals surface area contributed by atoms with E-state index in [4.69, 9.17) is 9.79 Å². The minimum atomic E-state index is -4.47. The summed E-state index contributed by atoms with van der Waals surface area (Å²) in [6, 6.07) is 3.89. The largest absolute Gasteiger partial charge is 0.359 e. The van der Waals surface area contributed by atoms with Gasteiger partial charge < -0.3 is 9.79 Å². The molecule has 0 spiro atoms. The molecule has 0 aliphatic heterocycles. The van der Waals surface area contributed by atoms with E-state index in [1.807, 2.05) is 0 Å². The fourth-order valence-corrected chi connectivity index (χ4v) is 1.88. The van der Waals surface area contributed by atoms with Crippen LogP contribution in [0, 0.1) is 12.7 Å². The van der Waals surface area contributed by atoms with Gasteiger partial charge >= 0.3 is 7.60 Å². The lowest BCUT2D eigenvalue weighted by molar-refractivity contribution is 0.385. The molecule has 1 aromatic carbocycles. The summed E-state index contributed by atoms with van der Waals surface area (Å²) in [6.07, 6.45) is 0. The molecule has 0 unspecified atom stereocenters. The summed E-state index contributed by atoms with van der Waals surface area (Å²) in [7, 11) is -4.47. The molecular formula is C7H8FO3P. The molecule has 0 aliphatic rings. The minimum absolute atomic E-state index is 0.267. The van der Waals surface area contributed by atoms with E-state index in [1.54, 1.807) is 0 Å². The molecule has 66 valence electrons. The second-order valence-electron chi connectivity index (χ2n) is 2.45. The van der Waals surface area contributed by atoms with Crippen LogP contribution in [-0.2, 0) is 4.57 Å². The molecule has 5 heteroatoms. The molecular weight excluding hydrogens is 182 g/mol. The average Bonchev–Trinajstić information content (AvgIpc) is 1.82. The van der Waals surface area contributed by atoms with Crippen molar-refractivity contribution in [3.05, 3.63) is 29.6 Å². The highest BCUT2D eigenvalue weighted by atomic mass is 31.2. The maximum absolute atomic E-state index is 12.9. The molecule has 0 atom stereocenters. The van der Waals surface area contributed by atoms with E-state index in [0.29, 0.717) is 0 Å². The van der Waals surface area contributed by atoms with E-state index in [-0.39, 0.29) is 5.56 Å². The molecule has 12 heavy (non-hydrogen) atoms. The van der Waals surface area contributed by atoms with Crippen LogP contribution in [0.3, 0.4) is 0 Å². The van der Waals surface area contributed by atoms with Crippen molar-refractivity contribution in [1.82, 2.24) is 0 Å². The molecule has 0 heterocycles. The smallest absolute Gasteiger partial charge is 0.321 e. The summed E-state index contributed by atoms with van der Waals surface area (Å²) in [6.45, 7) is 1.46. The first-order chi connectivity index (χ1) is 5.43. The van der Waals surface area contributed by atoms with E-state index in [0.717, 1.165) is 6.07 Å². The topological polar surface area (TPSA) is 57.5 Å². The van der Waals surface area contributed by atoms with E-state index in [1.165, 1.54) is 19.1 Å². The molecule has 0 aromatic heterocycles. The summed E-state index contributed by atoms with van der Waals surface area (Å²) in [5.74, 6) is -0.858. The van der Waals surface area contributed by atoms with Crippen LogP contribution >= 0.6 is 7.60 Å². The van der Waals surface area contributed by atoms with Crippen molar-refractivity contribution in [1.29, 1.82) is 0 Å². The molecule has 0 aliphatic carbocycles. The fraction of sp³-hybridized carbons (Fsp3) is 0.143. The second kappa shape index (κ2) is 2.98. The van der Waals surface area contributed by atoms with Crippen molar-refractivity contribution >= 4 is 12.9 Å². The van der Waals surface area contributed by atoms with Crippen LogP contribution in [0.5, 0.6) is 0 Å². The van der Waals surface area contributed by atoms with Crippen LogP contribution in [0.25, 0.3) is 0 Å². The van der Waals surface area contributed by atoms with Crippen LogP contribution in [-0.4, -0.2) is 9.79 Å². The summed E-state index contributed by atoms with van der Waals surface area (Å²) in [5, 5.41) is -0.509. The highest BCUT2D eigenvalue weighted by Crippen LogP contribution is 2.35. The van der Waals surface area contributed by atoms with Gasteiger partial charge in [-0.25, -0.2) is 4.39 Å². The highest BCUT2D eigenvalue weighted by Gasteiger charge is 2.23. The van der Waals surface area contributed by atoms with Crippen molar-refractivity contribution in [2.75, 3.05) is 0 Å². The zero-order valence-corrected chi connectivity index (χ0v) is 7.25. The van der Waals surface area contributed by atoms with Crippen LogP contribution < -0.4 is 5.30 Å². The highest BCUT2D eigenvalue weighted by molar-refractivity contribution is 7.60. The van der Waals surface area contributed by atoms with Crippen LogP contribution in [0.15, 0.2) is 18.2 Å². The van der Waals surface area contributed by atoms with E-state index >= 15 is 0 Å². The van der Waals surface area contributed by atoms with Crippen LogP contribution in [0.2, 0.25) is 0 Å². The Hall–Kier alpha value is -0.700. The van der Waals surface area contributed by atoms with Gasteiger partial charge in [-0.05, 0) is 18.6 Å². The van der Waals surface area contributed by atoms with Gasteiger partial charge in [-0.15, -0.1) is 0 Å². The van der Waals surface area contributed by atoms with Gasteiger partial charge in [0, 0.05) is 0 Å². The third-order valence-corrected chi connectivity index (χ3v) is 2.63. The maximum atomic E-state index is 12.9. The Labute approximate surface area is 69.0 Å². The van der Waals surface area contributed by atoms with Crippen molar-refractivity contribution in [3.8, 4) is 0 Å². The Morgan fingerprint density at radius 1 is 1.42 bits per heavy atom. The van der Waals surface area contributed by atoms with Crippen molar-refractivity contribution in [3.63, 3.8) is 0 Å². The quantitative estimate of drug-likeness (QED) is 0.648. The predicted octanol–water partition coefficient (Wildman–Crippen LogP) is 0.937. The molecule has 1 aromatic rings. The summed E-state index contributed by atoms with van der Waals surface area (Å²) >= 11 is 0. The molecule has 0 saturated heterocycles. The van der Waals surface area contributed by atoms with Gasteiger partial charge in [0.25, 0.3) is 0 Å². The summed E-state index contributed by atoms with van der Waals surface area (Å²) < 4.78 is 23.6. The van der Waals surface area contributed by atoms with Crippen molar-refractivity contribution in [2.45, 2.75) is 6.92 Å². The molecule has 0 amide bonds. The molecule has 0 radical (unpaired) electrons. The first kappa shape index (κ1) is 9.39. The molecule has 0 saturated carbocycles. The molecule has 1 rings (SSSR count). The van der Waals surface area contributed by atoms with Gasteiger partial charge in [-0.3, -0.25) is 4.57 Å². The summed E-state index contributed by atoms with van der Waals surface area (Å²) in [4.78, 5) is 17.4. The summed E-state index contributed by atoms with van der Waals surface area (Å²) in [5.41, 5.74) is 0.267. The molecule has 0 bridgehead atoms. The van der Waals surface area contributed by atoms with Gasteiger partial charge in [0.05, 0.1) is 0 Å². The molecule has 2 N–H and O–H groups in total. The Morgan fingerprint density at radius 3 is 2.33 bits per heavy atom. The van der Waals surface area contributed by atoms with E-state index in [2.05, 4.69) is 0 Å². The number of hydrogen-bond donors (Lipinski definition) is 2. The van der Waals surface area contributed by atoms with Gasteiger partial charge in [0.1, 0.15) is 11.1 Å². The Balaban J connectivity index is 3.42. The fourth-order valence-electron chi connectivity index (χ4n) is 0.992. The Morgan fingerprint density at radius 2 is 2.00 bits per heavy atom. The van der Waals surface area contributed by atoms with E-state index in [9.17, 15) is 8.96 Å². The van der Waals surface area contributed by atoms with Gasteiger partial charge in [0.15, 0.2) is 0 Å². The number of rotatable bonds is 1. The van der Waals surface area contributed by atoms with Gasteiger partial charge in [-0.2, -0.15) is 0 Å². The number of hydrogen-bond acceptors (Lipinski definition) is 1. The minimum Gasteiger partial charge on any atom is -0.321 e. The Bertz CT molecular complexity index is 324. The van der Waals surface area contributed by atoms with Crippen molar-refractivity contribution < 1.29 is 18.7 Å². The first-order valence-corrected chi connectivity index (χ1v) is 4.85. The zero-order valence-electron chi connectivity index (χ0n) is 6.36. The average molecular weight is 190 g/mol. The lowest BCUT2D eigenvalue weighted by atomic mass is 10.2. The van der Waals surface area contributed by atoms with Crippen LogP contribution in [0.4, 0.5) is 4.39 Å². The first-order valence-electron chi connectivity index (χ1n) is 3.24. The number of aryl methyl sites for hydroxylation is 1. The predicted molar refractivity (Wildman–Crippen MR) is 42.8 cm³/mol. The zero-order chi connectivity index (χ0) is 9.35. The Kier molecular flexibility index (Phi) is 2.33. The van der Waals surface area contributed by atoms with Crippen molar-refractivity contribution in [2.24, 2.45) is 0 Å². The standard InChI is InChI=1S/C7H8FO3P/c1-5-3-2-4-6(8)7(5)12(9,10)11/h2-4H,1H3,(H2,9,10,11). The van der Waals surface area contributed by atoms with Gasteiger partial charge in [-0.1, -0.05) is 12.1 Å². The number of halogens is 1. The third-order valence-electron chi connectivity index (χ3n) is 1.48. The molecule has 3 nitrogen and oxygen atoms in total. The normalized spacial score (nSPS) is 11.7. The van der Waals surface area contributed by atoms with Crippen LogP contribution in [0.1, 0.15) is 5.56 Å². The maximum Gasteiger partial charge on any atom is 0.359 e. The SMILES string of the molecule is Cc1cccc(F)c1P(=O)(O)O. The lowest BCUT2D eigenvalue weighted by Gasteiger charge is -2.07.